The first kappa shape index (κ1) is 18.6. The molecular formula is C22H28O6. The molecule has 152 valence electrons. The van der Waals surface area contributed by atoms with E-state index in [2.05, 4.69) is 13.8 Å². The first-order chi connectivity index (χ1) is 13.4. The first-order valence-corrected chi connectivity index (χ1v) is 10.4. The number of ether oxygens (including phenoxy) is 3. The highest BCUT2D eigenvalue weighted by atomic mass is 17.3. The monoisotopic (exact) mass is 388 g/mol. The summed E-state index contributed by atoms with van der Waals surface area (Å²) in [7, 11) is 0. The number of fused-ring (bicyclic) bond motifs is 2. The fourth-order valence-corrected chi connectivity index (χ4v) is 5.75. The van der Waals surface area contributed by atoms with Gasteiger partial charge in [-0.2, -0.15) is 0 Å². The molecule has 1 aliphatic carbocycles. The minimum absolute atomic E-state index is 0.0198. The molecule has 1 aromatic rings. The third kappa shape index (κ3) is 2.65. The van der Waals surface area contributed by atoms with Gasteiger partial charge in [-0.3, -0.25) is 0 Å². The molecule has 8 atom stereocenters. The second kappa shape index (κ2) is 6.52. The third-order valence-electron chi connectivity index (χ3n) is 7.33. The summed E-state index contributed by atoms with van der Waals surface area (Å²) in [4.78, 5) is 24.5. The Morgan fingerprint density at radius 1 is 1.07 bits per heavy atom. The van der Waals surface area contributed by atoms with E-state index in [-0.39, 0.29) is 17.8 Å². The lowest BCUT2D eigenvalue weighted by Crippen LogP contribution is -2.70. The summed E-state index contributed by atoms with van der Waals surface area (Å²) in [6.07, 6.45) is 2.56. The van der Waals surface area contributed by atoms with Gasteiger partial charge in [-0.05, 0) is 50.2 Å². The van der Waals surface area contributed by atoms with Crippen molar-refractivity contribution in [3.05, 3.63) is 35.9 Å². The molecule has 0 radical (unpaired) electrons. The molecule has 6 heteroatoms. The van der Waals surface area contributed by atoms with Crippen LogP contribution in [0.1, 0.15) is 56.8 Å². The van der Waals surface area contributed by atoms with Crippen LogP contribution in [0.15, 0.2) is 30.3 Å². The van der Waals surface area contributed by atoms with Crippen LogP contribution in [0.2, 0.25) is 0 Å². The van der Waals surface area contributed by atoms with Gasteiger partial charge in [0, 0.05) is 18.3 Å². The molecule has 0 amide bonds. The van der Waals surface area contributed by atoms with Crippen molar-refractivity contribution in [3.8, 4) is 0 Å². The number of carbonyl (C=O) groups is 1. The average Bonchev–Trinajstić information content (AvgIpc) is 2.92. The minimum atomic E-state index is -0.827. The fourth-order valence-electron chi connectivity index (χ4n) is 5.75. The van der Waals surface area contributed by atoms with Crippen molar-refractivity contribution >= 4 is 5.97 Å². The van der Waals surface area contributed by atoms with Gasteiger partial charge in [-0.1, -0.05) is 32.0 Å². The molecule has 28 heavy (non-hydrogen) atoms. The Kier molecular flexibility index (Phi) is 4.32. The van der Waals surface area contributed by atoms with E-state index in [4.69, 9.17) is 24.0 Å². The van der Waals surface area contributed by atoms with Crippen LogP contribution in [0, 0.1) is 23.7 Å². The summed E-state index contributed by atoms with van der Waals surface area (Å²) in [5.74, 6) is -0.278. The van der Waals surface area contributed by atoms with Crippen LogP contribution < -0.4 is 0 Å². The zero-order valence-electron chi connectivity index (χ0n) is 16.6. The summed E-state index contributed by atoms with van der Waals surface area (Å²) in [6, 6.07) is 9.01. The van der Waals surface area contributed by atoms with Crippen LogP contribution in [0.3, 0.4) is 0 Å². The Balaban J connectivity index is 1.46. The van der Waals surface area contributed by atoms with Crippen LogP contribution in [0.4, 0.5) is 0 Å². The molecule has 0 aromatic heterocycles. The molecule has 5 aliphatic rings. The van der Waals surface area contributed by atoms with Gasteiger partial charge < -0.3 is 14.2 Å². The van der Waals surface area contributed by atoms with E-state index in [0.717, 1.165) is 25.7 Å². The highest BCUT2D eigenvalue weighted by Crippen LogP contribution is 2.60. The summed E-state index contributed by atoms with van der Waals surface area (Å²) >= 11 is 0. The normalized spacial score (nSPS) is 47.1. The van der Waals surface area contributed by atoms with Crippen LogP contribution >= 0.6 is 0 Å². The average molecular weight is 388 g/mol. The summed E-state index contributed by atoms with van der Waals surface area (Å²) in [6.45, 7) is 6.25. The van der Waals surface area contributed by atoms with Gasteiger partial charge in [0.15, 0.2) is 11.9 Å². The molecule has 0 unspecified atom stereocenters. The SMILES string of the molecule is C[C@H]1[C@H](OC(=O)c2ccccc2)O[C@H]2O[C@@]3(C)CC[C@H]4[C@H](C)CC[C@@H]1[C@@]24OO3. The van der Waals surface area contributed by atoms with Gasteiger partial charge >= 0.3 is 5.97 Å². The van der Waals surface area contributed by atoms with E-state index >= 15 is 0 Å². The molecule has 4 heterocycles. The zero-order chi connectivity index (χ0) is 19.5. The van der Waals surface area contributed by atoms with E-state index < -0.39 is 24.0 Å². The van der Waals surface area contributed by atoms with E-state index in [1.165, 1.54) is 0 Å². The van der Waals surface area contributed by atoms with Crippen LogP contribution in [-0.4, -0.2) is 29.9 Å². The summed E-state index contributed by atoms with van der Waals surface area (Å²) in [5, 5.41) is 0. The fraction of sp³-hybridized carbons (Fsp3) is 0.682. The molecule has 0 N–H and O–H groups in total. The van der Waals surface area contributed by atoms with Gasteiger partial charge in [-0.25, -0.2) is 14.6 Å². The van der Waals surface area contributed by atoms with E-state index in [1.54, 1.807) is 12.1 Å². The van der Waals surface area contributed by atoms with Crippen molar-refractivity contribution in [3.63, 3.8) is 0 Å². The van der Waals surface area contributed by atoms with Gasteiger partial charge in [0.2, 0.25) is 12.1 Å². The highest BCUT2D eigenvalue weighted by Gasteiger charge is 2.69. The number of esters is 1. The van der Waals surface area contributed by atoms with Gasteiger partial charge in [-0.15, -0.1) is 0 Å². The van der Waals surface area contributed by atoms with Crippen molar-refractivity contribution in [1.29, 1.82) is 0 Å². The smallest absolute Gasteiger partial charge is 0.340 e. The van der Waals surface area contributed by atoms with Gasteiger partial charge in [0.05, 0.1) is 5.56 Å². The predicted octanol–water partition coefficient (Wildman–Crippen LogP) is 4.05. The maximum atomic E-state index is 12.6. The van der Waals surface area contributed by atoms with Gasteiger partial charge in [0.1, 0.15) is 0 Å². The quantitative estimate of drug-likeness (QED) is 0.563. The maximum absolute atomic E-state index is 12.6. The second-order valence-electron chi connectivity index (χ2n) is 9.05. The lowest BCUT2D eigenvalue weighted by molar-refractivity contribution is -0.576. The predicted molar refractivity (Wildman–Crippen MR) is 98.7 cm³/mol. The first-order valence-electron chi connectivity index (χ1n) is 10.4. The number of hydrogen-bond donors (Lipinski definition) is 0. The van der Waals surface area contributed by atoms with Crippen molar-refractivity contribution in [2.45, 2.75) is 70.4 Å². The van der Waals surface area contributed by atoms with Crippen LogP contribution in [0.5, 0.6) is 0 Å². The van der Waals surface area contributed by atoms with Crippen molar-refractivity contribution in [2.24, 2.45) is 23.7 Å². The van der Waals surface area contributed by atoms with Crippen molar-refractivity contribution in [2.75, 3.05) is 0 Å². The molecule has 6 nitrogen and oxygen atoms in total. The zero-order valence-corrected chi connectivity index (χ0v) is 16.6. The molecule has 6 rings (SSSR count). The third-order valence-corrected chi connectivity index (χ3v) is 7.33. The Labute approximate surface area is 165 Å². The molecular weight excluding hydrogens is 360 g/mol. The Bertz CT molecular complexity index is 753. The van der Waals surface area contributed by atoms with E-state index in [9.17, 15) is 4.79 Å². The molecule has 5 fully saturated rings. The molecule has 1 spiro atoms. The van der Waals surface area contributed by atoms with Crippen LogP contribution in [0.25, 0.3) is 0 Å². The van der Waals surface area contributed by atoms with Crippen molar-refractivity contribution < 1.29 is 28.8 Å². The number of hydrogen-bond acceptors (Lipinski definition) is 6. The highest BCUT2D eigenvalue weighted by molar-refractivity contribution is 5.89. The number of rotatable bonds is 2. The standard InChI is InChI=1S/C22H28O6/c1-13-9-10-17-14(2)19(24-18(23)15-7-5-4-6-8-15)25-20-22(17)16(13)11-12-21(3,26-20)27-28-22/h4-8,13-14,16-17,19-20H,9-12H2,1-3H3/t13-,14-,16+,17+,19-,20+,21-,22-/m1/s1. The lowest BCUT2D eigenvalue weighted by atomic mass is 9.58. The Morgan fingerprint density at radius 2 is 1.86 bits per heavy atom. The molecule has 4 aliphatic heterocycles. The summed E-state index contributed by atoms with van der Waals surface area (Å²) < 4.78 is 18.4. The number of carbonyl (C=O) groups excluding carboxylic acids is 1. The largest absolute Gasteiger partial charge is 0.432 e. The molecule has 1 saturated carbocycles. The molecule has 1 aromatic carbocycles. The number of benzene rings is 1. The maximum Gasteiger partial charge on any atom is 0.340 e. The van der Waals surface area contributed by atoms with E-state index in [1.807, 2.05) is 25.1 Å². The second-order valence-corrected chi connectivity index (χ2v) is 9.05. The Hall–Kier alpha value is -1.47. The van der Waals surface area contributed by atoms with Gasteiger partial charge in [0.25, 0.3) is 0 Å². The molecule has 4 saturated heterocycles. The summed E-state index contributed by atoms with van der Waals surface area (Å²) in [5.41, 5.74) is -0.119. The Morgan fingerprint density at radius 3 is 2.64 bits per heavy atom. The lowest BCUT2D eigenvalue weighted by Gasteiger charge is -2.59. The molecule has 2 bridgehead atoms. The topological polar surface area (TPSA) is 63.2 Å². The van der Waals surface area contributed by atoms with E-state index in [0.29, 0.717) is 17.4 Å². The van der Waals surface area contributed by atoms with Crippen molar-refractivity contribution in [1.82, 2.24) is 0 Å². The minimum Gasteiger partial charge on any atom is -0.432 e. The van der Waals surface area contributed by atoms with Crippen LogP contribution in [-0.2, 0) is 24.0 Å².